The molecule has 0 spiro atoms. The Balaban J connectivity index is 1.65. The molecule has 0 aromatic carbocycles. The standard InChI is InChI=1S/C11H20N4O2/c1-14-8-9(2-3-10(14)16)12-4-6-15-7-5-13-11(15)17/h9,12H,2-8H2,1H3,(H,13,17). The lowest BCUT2D eigenvalue weighted by Crippen LogP contribution is -2.48. The quantitative estimate of drug-likeness (QED) is 0.677. The third kappa shape index (κ3) is 3.09. The molecule has 0 bridgehead atoms. The van der Waals surface area contributed by atoms with Gasteiger partial charge in [0.1, 0.15) is 0 Å². The molecule has 0 aliphatic carbocycles. The second-order valence-corrected chi connectivity index (χ2v) is 4.68. The molecule has 2 aliphatic heterocycles. The summed E-state index contributed by atoms with van der Waals surface area (Å²) in [6.07, 6.45) is 1.52. The van der Waals surface area contributed by atoms with E-state index in [1.165, 1.54) is 0 Å². The van der Waals surface area contributed by atoms with Crippen LogP contribution in [0.4, 0.5) is 4.79 Å². The molecule has 3 amide bonds. The van der Waals surface area contributed by atoms with Crippen LogP contribution in [0, 0.1) is 0 Å². The monoisotopic (exact) mass is 240 g/mol. The number of likely N-dealkylation sites (tertiary alicyclic amines) is 1. The molecule has 2 fully saturated rings. The number of carbonyl (C=O) groups excluding carboxylic acids is 2. The predicted molar refractivity (Wildman–Crippen MR) is 63.6 cm³/mol. The first-order chi connectivity index (χ1) is 8.16. The number of hydrogen-bond donors (Lipinski definition) is 2. The minimum absolute atomic E-state index is 0.0303. The summed E-state index contributed by atoms with van der Waals surface area (Å²) in [5.41, 5.74) is 0. The van der Waals surface area contributed by atoms with E-state index in [0.717, 1.165) is 39.1 Å². The van der Waals surface area contributed by atoms with Crippen molar-refractivity contribution in [1.29, 1.82) is 0 Å². The first-order valence-electron chi connectivity index (χ1n) is 6.17. The number of rotatable bonds is 4. The summed E-state index contributed by atoms with van der Waals surface area (Å²) in [4.78, 5) is 26.2. The van der Waals surface area contributed by atoms with Crippen LogP contribution in [-0.2, 0) is 4.79 Å². The number of likely N-dealkylation sites (N-methyl/N-ethyl adjacent to an activating group) is 1. The summed E-state index contributed by atoms with van der Waals surface area (Å²) in [6.45, 7) is 3.84. The van der Waals surface area contributed by atoms with Crippen molar-refractivity contribution >= 4 is 11.9 Å². The summed E-state index contributed by atoms with van der Waals surface area (Å²) >= 11 is 0. The van der Waals surface area contributed by atoms with Crippen LogP contribution in [0.5, 0.6) is 0 Å². The Morgan fingerprint density at radius 2 is 2.29 bits per heavy atom. The van der Waals surface area contributed by atoms with Crippen molar-refractivity contribution in [3.8, 4) is 0 Å². The average Bonchev–Trinajstić information content (AvgIpc) is 2.70. The van der Waals surface area contributed by atoms with Gasteiger partial charge in [0, 0.05) is 52.2 Å². The Bertz CT molecular complexity index is 308. The minimum atomic E-state index is 0.0303. The van der Waals surface area contributed by atoms with Crippen LogP contribution in [0.2, 0.25) is 0 Å². The van der Waals surface area contributed by atoms with Gasteiger partial charge in [0.05, 0.1) is 0 Å². The number of carbonyl (C=O) groups is 2. The van der Waals surface area contributed by atoms with Gasteiger partial charge in [0.15, 0.2) is 0 Å². The second-order valence-electron chi connectivity index (χ2n) is 4.68. The van der Waals surface area contributed by atoms with Gasteiger partial charge in [0.25, 0.3) is 0 Å². The third-order valence-corrected chi connectivity index (χ3v) is 3.39. The summed E-state index contributed by atoms with van der Waals surface area (Å²) < 4.78 is 0. The Labute approximate surface area is 101 Å². The highest BCUT2D eigenvalue weighted by molar-refractivity contribution is 5.77. The van der Waals surface area contributed by atoms with Crippen molar-refractivity contribution in [2.45, 2.75) is 18.9 Å². The first-order valence-corrected chi connectivity index (χ1v) is 6.17. The molecule has 0 radical (unpaired) electrons. The second kappa shape index (κ2) is 5.35. The van der Waals surface area contributed by atoms with E-state index < -0.39 is 0 Å². The summed E-state index contributed by atoms with van der Waals surface area (Å²) in [5.74, 6) is 0.224. The third-order valence-electron chi connectivity index (χ3n) is 3.39. The van der Waals surface area contributed by atoms with E-state index in [2.05, 4.69) is 10.6 Å². The molecule has 2 heterocycles. The lowest BCUT2D eigenvalue weighted by molar-refractivity contribution is -0.132. The zero-order valence-electron chi connectivity index (χ0n) is 10.2. The smallest absolute Gasteiger partial charge is 0.317 e. The molecule has 0 aromatic rings. The molecule has 6 heteroatoms. The van der Waals surface area contributed by atoms with Crippen molar-refractivity contribution in [2.75, 3.05) is 39.8 Å². The van der Waals surface area contributed by atoms with Gasteiger partial charge in [-0.2, -0.15) is 0 Å². The van der Waals surface area contributed by atoms with Gasteiger partial charge in [-0.1, -0.05) is 0 Å². The van der Waals surface area contributed by atoms with E-state index in [1.54, 1.807) is 4.90 Å². The maximum absolute atomic E-state index is 11.3. The largest absolute Gasteiger partial charge is 0.344 e. The topological polar surface area (TPSA) is 64.7 Å². The number of amides is 3. The van der Waals surface area contributed by atoms with Crippen molar-refractivity contribution in [2.24, 2.45) is 0 Å². The van der Waals surface area contributed by atoms with Crippen molar-refractivity contribution < 1.29 is 9.59 Å². The highest BCUT2D eigenvalue weighted by Gasteiger charge is 2.23. The lowest BCUT2D eigenvalue weighted by atomic mass is 10.1. The van der Waals surface area contributed by atoms with E-state index >= 15 is 0 Å². The molecule has 1 atom stereocenters. The van der Waals surface area contributed by atoms with Gasteiger partial charge in [-0.3, -0.25) is 4.79 Å². The lowest BCUT2D eigenvalue weighted by Gasteiger charge is -2.30. The van der Waals surface area contributed by atoms with Gasteiger partial charge in [-0.25, -0.2) is 4.79 Å². The zero-order valence-corrected chi connectivity index (χ0v) is 10.2. The molecule has 2 aliphatic rings. The Hall–Kier alpha value is -1.30. The van der Waals surface area contributed by atoms with E-state index in [9.17, 15) is 9.59 Å². The molecular weight excluding hydrogens is 220 g/mol. The van der Waals surface area contributed by atoms with Crippen molar-refractivity contribution in [3.05, 3.63) is 0 Å². The van der Waals surface area contributed by atoms with E-state index in [-0.39, 0.29) is 11.9 Å². The van der Waals surface area contributed by atoms with Gasteiger partial charge in [-0.05, 0) is 6.42 Å². The summed E-state index contributed by atoms with van der Waals surface area (Å²) in [7, 11) is 1.84. The molecule has 96 valence electrons. The highest BCUT2D eigenvalue weighted by atomic mass is 16.2. The Morgan fingerprint density at radius 3 is 2.94 bits per heavy atom. The fourth-order valence-corrected chi connectivity index (χ4v) is 2.31. The molecular formula is C11H20N4O2. The molecule has 0 saturated carbocycles. The zero-order chi connectivity index (χ0) is 12.3. The van der Waals surface area contributed by atoms with Gasteiger partial charge in [-0.15, -0.1) is 0 Å². The molecule has 6 nitrogen and oxygen atoms in total. The molecule has 2 saturated heterocycles. The SMILES string of the molecule is CN1CC(NCCN2CCNC2=O)CCC1=O. The maximum atomic E-state index is 11.3. The molecule has 2 rings (SSSR count). The predicted octanol–water partition coefficient (Wildman–Crippen LogP) is -0.778. The van der Waals surface area contributed by atoms with Gasteiger partial charge < -0.3 is 20.4 Å². The summed E-state index contributed by atoms with van der Waals surface area (Å²) in [6, 6.07) is 0.395. The summed E-state index contributed by atoms with van der Waals surface area (Å²) in [5, 5.41) is 6.18. The highest BCUT2D eigenvalue weighted by Crippen LogP contribution is 2.09. The number of urea groups is 1. The average molecular weight is 240 g/mol. The van der Waals surface area contributed by atoms with Crippen LogP contribution in [0.25, 0.3) is 0 Å². The van der Waals surface area contributed by atoms with Crippen LogP contribution in [0.1, 0.15) is 12.8 Å². The normalized spacial score (nSPS) is 25.4. The molecule has 0 aromatic heterocycles. The molecule has 1 unspecified atom stereocenters. The Morgan fingerprint density at radius 1 is 1.47 bits per heavy atom. The Kier molecular flexibility index (Phi) is 3.83. The number of nitrogens with one attached hydrogen (secondary N) is 2. The van der Waals surface area contributed by atoms with Crippen LogP contribution < -0.4 is 10.6 Å². The van der Waals surface area contributed by atoms with Crippen molar-refractivity contribution in [1.82, 2.24) is 20.4 Å². The van der Waals surface area contributed by atoms with E-state index in [4.69, 9.17) is 0 Å². The van der Waals surface area contributed by atoms with Crippen LogP contribution >= 0.6 is 0 Å². The number of hydrogen-bond acceptors (Lipinski definition) is 3. The molecule has 17 heavy (non-hydrogen) atoms. The van der Waals surface area contributed by atoms with E-state index in [0.29, 0.717) is 12.5 Å². The first kappa shape index (κ1) is 12.2. The van der Waals surface area contributed by atoms with Crippen molar-refractivity contribution in [3.63, 3.8) is 0 Å². The van der Waals surface area contributed by atoms with Gasteiger partial charge in [0.2, 0.25) is 5.91 Å². The minimum Gasteiger partial charge on any atom is -0.344 e. The van der Waals surface area contributed by atoms with E-state index in [1.807, 2.05) is 11.9 Å². The maximum Gasteiger partial charge on any atom is 0.317 e. The van der Waals surface area contributed by atoms with Gasteiger partial charge >= 0.3 is 6.03 Å². The van der Waals surface area contributed by atoms with Crippen LogP contribution in [-0.4, -0.2) is 67.6 Å². The number of nitrogens with zero attached hydrogens (tertiary/aromatic N) is 2. The fraction of sp³-hybridized carbons (Fsp3) is 0.818. The van der Waals surface area contributed by atoms with Crippen LogP contribution in [0.3, 0.4) is 0 Å². The van der Waals surface area contributed by atoms with Crippen LogP contribution in [0.15, 0.2) is 0 Å². The molecule has 2 N–H and O–H groups in total. The number of piperidine rings is 1. The fourth-order valence-electron chi connectivity index (χ4n) is 2.31.